The molecule has 3 nitrogen and oxygen atoms in total. The predicted molar refractivity (Wildman–Crippen MR) is 77.8 cm³/mol. The SMILES string of the molecule is Cc1cc(NC(=O)C2CCNCC2)cc(C)c1Br. The fourth-order valence-electron chi connectivity index (χ4n) is 2.35. The van der Waals surface area contributed by atoms with Crippen LogP contribution in [0.25, 0.3) is 0 Å². The molecule has 2 rings (SSSR count). The minimum absolute atomic E-state index is 0.149. The average Bonchev–Trinajstić information content (AvgIpc) is 2.37. The number of amides is 1. The van der Waals surface area contributed by atoms with Gasteiger partial charge < -0.3 is 10.6 Å². The van der Waals surface area contributed by atoms with E-state index in [-0.39, 0.29) is 11.8 Å². The number of hydrogen-bond acceptors (Lipinski definition) is 2. The van der Waals surface area contributed by atoms with Gasteiger partial charge >= 0.3 is 0 Å². The van der Waals surface area contributed by atoms with Crippen LogP contribution in [0.2, 0.25) is 0 Å². The number of nitrogens with one attached hydrogen (secondary N) is 2. The highest BCUT2D eigenvalue weighted by Gasteiger charge is 2.21. The topological polar surface area (TPSA) is 41.1 Å². The minimum atomic E-state index is 0.149. The second-order valence-corrected chi connectivity index (χ2v) is 5.73. The molecule has 0 saturated carbocycles. The van der Waals surface area contributed by atoms with Crippen LogP contribution in [0.5, 0.6) is 0 Å². The van der Waals surface area contributed by atoms with Gasteiger partial charge in [0.15, 0.2) is 0 Å². The van der Waals surface area contributed by atoms with Crippen LogP contribution in [-0.4, -0.2) is 19.0 Å². The van der Waals surface area contributed by atoms with Crippen LogP contribution in [0, 0.1) is 19.8 Å². The Morgan fingerprint density at radius 1 is 1.28 bits per heavy atom. The van der Waals surface area contributed by atoms with Crippen molar-refractivity contribution in [1.82, 2.24) is 5.32 Å². The minimum Gasteiger partial charge on any atom is -0.326 e. The molecule has 0 unspecified atom stereocenters. The zero-order valence-electron chi connectivity index (χ0n) is 10.8. The molecule has 1 fully saturated rings. The predicted octanol–water partition coefficient (Wildman–Crippen LogP) is 3.00. The lowest BCUT2D eigenvalue weighted by Gasteiger charge is -2.22. The molecule has 1 saturated heterocycles. The molecule has 1 aliphatic heterocycles. The number of carbonyl (C=O) groups excluding carboxylic acids is 1. The van der Waals surface area contributed by atoms with Crippen LogP contribution in [0.1, 0.15) is 24.0 Å². The summed E-state index contributed by atoms with van der Waals surface area (Å²) >= 11 is 3.54. The molecule has 0 aliphatic carbocycles. The van der Waals surface area contributed by atoms with Crippen LogP contribution < -0.4 is 10.6 Å². The van der Waals surface area contributed by atoms with Gasteiger partial charge in [0.2, 0.25) is 5.91 Å². The summed E-state index contributed by atoms with van der Waals surface area (Å²) in [6.07, 6.45) is 1.86. The third-order valence-electron chi connectivity index (χ3n) is 3.41. The van der Waals surface area contributed by atoms with E-state index >= 15 is 0 Å². The van der Waals surface area contributed by atoms with Gasteiger partial charge in [0.1, 0.15) is 0 Å². The largest absolute Gasteiger partial charge is 0.326 e. The van der Waals surface area contributed by atoms with Crippen LogP contribution in [0.3, 0.4) is 0 Å². The number of hydrogen-bond donors (Lipinski definition) is 2. The van der Waals surface area contributed by atoms with Crippen molar-refractivity contribution >= 4 is 27.5 Å². The first-order valence-electron chi connectivity index (χ1n) is 6.36. The van der Waals surface area contributed by atoms with Crippen molar-refractivity contribution in [2.45, 2.75) is 26.7 Å². The maximum atomic E-state index is 12.1. The Hall–Kier alpha value is -0.870. The van der Waals surface area contributed by atoms with Crippen molar-refractivity contribution < 1.29 is 4.79 Å². The highest BCUT2D eigenvalue weighted by atomic mass is 79.9. The fraction of sp³-hybridized carbons (Fsp3) is 0.500. The van der Waals surface area contributed by atoms with E-state index in [4.69, 9.17) is 0 Å². The average molecular weight is 311 g/mol. The Kier molecular flexibility index (Phi) is 4.40. The van der Waals surface area contributed by atoms with E-state index in [2.05, 4.69) is 26.6 Å². The first-order valence-corrected chi connectivity index (χ1v) is 7.15. The maximum absolute atomic E-state index is 12.1. The molecule has 0 atom stereocenters. The van der Waals surface area contributed by atoms with Gasteiger partial charge in [0.25, 0.3) is 0 Å². The Morgan fingerprint density at radius 2 is 1.83 bits per heavy atom. The second kappa shape index (κ2) is 5.85. The van der Waals surface area contributed by atoms with Crippen molar-refractivity contribution in [2.24, 2.45) is 5.92 Å². The molecule has 0 bridgehead atoms. The maximum Gasteiger partial charge on any atom is 0.227 e. The van der Waals surface area contributed by atoms with E-state index in [9.17, 15) is 4.79 Å². The zero-order valence-corrected chi connectivity index (χ0v) is 12.4. The lowest BCUT2D eigenvalue weighted by Crippen LogP contribution is -2.34. The van der Waals surface area contributed by atoms with Gasteiger partial charge in [-0.15, -0.1) is 0 Å². The molecule has 0 spiro atoms. The Bertz CT molecular complexity index is 430. The summed E-state index contributed by atoms with van der Waals surface area (Å²) in [6.45, 7) is 5.96. The highest BCUT2D eigenvalue weighted by molar-refractivity contribution is 9.10. The van der Waals surface area contributed by atoms with Gasteiger partial charge in [0, 0.05) is 16.1 Å². The Balaban J connectivity index is 2.06. The van der Waals surface area contributed by atoms with Crippen molar-refractivity contribution in [3.05, 3.63) is 27.7 Å². The molecular formula is C14H19BrN2O. The molecule has 2 N–H and O–H groups in total. The lowest BCUT2D eigenvalue weighted by molar-refractivity contribution is -0.120. The smallest absolute Gasteiger partial charge is 0.227 e. The van der Waals surface area contributed by atoms with Gasteiger partial charge in [0.05, 0.1) is 0 Å². The summed E-state index contributed by atoms with van der Waals surface area (Å²) < 4.78 is 1.11. The standard InChI is InChI=1S/C14H19BrN2O/c1-9-7-12(8-10(2)13(9)15)17-14(18)11-3-5-16-6-4-11/h7-8,11,16H,3-6H2,1-2H3,(H,17,18). The van der Waals surface area contributed by atoms with Gasteiger partial charge in [-0.1, -0.05) is 15.9 Å². The van der Waals surface area contributed by atoms with Gasteiger partial charge in [-0.25, -0.2) is 0 Å². The summed E-state index contributed by atoms with van der Waals surface area (Å²) in [5.74, 6) is 0.299. The van der Waals surface area contributed by atoms with Crippen molar-refractivity contribution in [1.29, 1.82) is 0 Å². The molecule has 1 heterocycles. The van der Waals surface area contributed by atoms with E-state index in [1.807, 2.05) is 26.0 Å². The molecule has 98 valence electrons. The molecule has 0 radical (unpaired) electrons. The molecule has 1 aliphatic rings. The molecule has 1 amide bonds. The molecule has 4 heteroatoms. The highest BCUT2D eigenvalue weighted by Crippen LogP contribution is 2.25. The third kappa shape index (κ3) is 3.12. The normalized spacial score (nSPS) is 16.6. The van der Waals surface area contributed by atoms with Gasteiger partial charge in [-0.05, 0) is 63.0 Å². The van der Waals surface area contributed by atoms with E-state index in [0.29, 0.717) is 0 Å². The fourth-order valence-corrected chi connectivity index (χ4v) is 2.58. The van der Waals surface area contributed by atoms with Crippen molar-refractivity contribution in [3.8, 4) is 0 Å². The Labute approximate surface area is 116 Å². The first-order chi connectivity index (χ1) is 8.58. The van der Waals surface area contributed by atoms with Crippen LogP contribution >= 0.6 is 15.9 Å². The monoisotopic (exact) mass is 310 g/mol. The number of benzene rings is 1. The summed E-state index contributed by atoms with van der Waals surface area (Å²) in [6, 6.07) is 4.02. The summed E-state index contributed by atoms with van der Waals surface area (Å²) in [4.78, 5) is 12.1. The number of rotatable bonds is 2. The number of carbonyl (C=O) groups is 1. The summed E-state index contributed by atoms with van der Waals surface area (Å²) in [5, 5.41) is 6.31. The number of halogens is 1. The van der Waals surface area contributed by atoms with E-state index in [0.717, 1.165) is 47.2 Å². The van der Waals surface area contributed by atoms with E-state index < -0.39 is 0 Å². The van der Waals surface area contributed by atoms with Crippen molar-refractivity contribution in [3.63, 3.8) is 0 Å². The number of piperidine rings is 1. The van der Waals surface area contributed by atoms with Gasteiger partial charge in [-0.2, -0.15) is 0 Å². The molecule has 18 heavy (non-hydrogen) atoms. The molecular weight excluding hydrogens is 292 g/mol. The van der Waals surface area contributed by atoms with Crippen LogP contribution in [0.4, 0.5) is 5.69 Å². The quantitative estimate of drug-likeness (QED) is 0.881. The van der Waals surface area contributed by atoms with E-state index in [1.165, 1.54) is 0 Å². The number of aryl methyl sites for hydroxylation is 2. The lowest BCUT2D eigenvalue weighted by atomic mass is 9.97. The third-order valence-corrected chi connectivity index (χ3v) is 4.66. The van der Waals surface area contributed by atoms with Crippen LogP contribution in [-0.2, 0) is 4.79 Å². The second-order valence-electron chi connectivity index (χ2n) is 4.94. The molecule has 0 aromatic heterocycles. The summed E-state index contributed by atoms with van der Waals surface area (Å²) in [7, 11) is 0. The summed E-state index contributed by atoms with van der Waals surface area (Å²) in [5.41, 5.74) is 3.20. The van der Waals surface area contributed by atoms with E-state index in [1.54, 1.807) is 0 Å². The Morgan fingerprint density at radius 3 is 2.39 bits per heavy atom. The van der Waals surface area contributed by atoms with Crippen molar-refractivity contribution in [2.75, 3.05) is 18.4 Å². The van der Waals surface area contributed by atoms with Crippen LogP contribution in [0.15, 0.2) is 16.6 Å². The zero-order chi connectivity index (χ0) is 13.1. The molecule has 1 aromatic carbocycles. The first kappa shape index (κ1) is 13.6. The molecule has 1 aromatic rings. The van der Waals surface area contributed by atoms with Gasteiger partial charge in [-0.3, -0.25) is 4.79 Å². The number of anilines is 1.